The van der Waals surface area contributed by atoms with Gasteiger partial charge < -0.3 is 15.0 Å². The molecule has 0 amide bonds. The standard InChI is InChI=1S/C14H16N2O.ClH/c1-17-12-4-2-3-10(7-12)14-8-11-9-15-6-5-13(11)16-14;/h2-4,7-8,15-16H,5-6,9H2,1H3;1H. The van der Waals surface area contributed by atoms with Crippen LogP contribution in [0.15, 0.2) is 30.3 Å². The predicted octanol–water partition coefficient (Wildman–Crippen LogP) is 2.76. The topological polar surface area (TPSA) is 37.0 Å². The first-order chi connectivity index (χ1) is 8.36. The summed E-state index contributed by atoms with van der Waals surface area (Å²) in [5.74, 6) is 0.896. The molecule has 3 nitrogen and oxygen atoms in total. The molecule has 0 aliphatic carbocycles. The second kappa shape index (κ2) is 5.46. The molecule has 2 heterocycles. The molecule has 4 heteroatoms. The van der Waals surface area contributed by atoms with Gasteiger partial charge in [0.05, 0.1) is 7.11 Å². The molecular weight excluding hydrogens is 248 g/mol. The van der Waals surface area contributed by atoms with Crippen molar-refractivity contribution in [2.75, 3.05) is 13.7 Å². The molecule has 18 heavy (non-hydrogen) atoms. The molecule has 0 saturated carbocycles. The van der Waals surface area contributed by atoms with Gasteiger partial charge in [0.1, 0.15) is 5.75 Å². The lowest BCUT2D eigenvalue weighted by Gasteiger charge is -2.11. The van der Waals surface area contributed by atoms with Crippen LogP contribution in [0, 0.1) is 0 Å². The van der Waals surface area contributed by atoms with E-state index in [1.165, 1.54) is 22.5 Å². The number of aromatic amines is 1. The molecule has 0 spiro atoms. The minimum Gasteiger partial charge on any atom is -0.497 e. The van der Waals surface area contributed by atoms with Crippen LogP contribution >= 0.6 is 12.4 Å². The fourth-order valence-electron chi connectivity index (χ4n) is 2.30. The molecule has 96 valence electrons. The van der Waals surface area contributed by atoms with Gasteiger partial charge in [-0.05, 0) is 23.8 Å². The summed E-state index contributed by atoms with van der Waals surface area (Å²) >= 11 is 0. The van der Waals surface area contributed by atoms with Crippen LogP contribution in [0.25, 0.3) is 11.3 Å². The highest BCUT2D eigenvalue weighted by Crippen LogP contribution is 2.26. The van der Waals surface area contributed by atoms with E-state index in [0.717, 1.165) is 25.3 Å². The van der Waals surface area contributed by atoms with Gasteiger partial charge in [0.15, 0.2) is 0 Å². The number of hydrogen-bond donors (Lipinski definition) is 2. The van der Waals surface area contributed by atoms with Crippen LogP contribution in [0.1, 0.15) is 11.3 Å². The highest BCUT2D eigenvalue weighted by atomic mass is 35.5. The van der Waals surface area contributed by atoms with E-state index in [1.54, 1.807) is 7.11 Å². The van der Waals surface area contributed by atoms with Crippen molar-refractivity contribution in [3.05, 3.63) is 41.6 Å². The smallest absolute Gasteiger partial charge is 0.119 e. The minimum atomic E-state index is 0. The zero-order valence-corrected chi connectivity index (χ0v) is 11.1. The Kier molecular flexibility index (Phi) is 3.94. The van der Waals surface area contributed by atoms with Gasteiger partial charge in [0, 0.05) is 36.5 Å². The van der Waals surface area contributed by atoms with E-state index in [4.69, 9.17) is 4.74 Å². The van der Waals surface area contributed by atoms with E-state index < -0.39 is 0 Å². The normalized spacial score (nSPS) is 13.6. The Balaban J connectivity index is 0.00000120. The fraction of sp³-hybridized carbons (Fsp3) is 0.286. The van der Waals surface area contributed by atoms with Crippen LogP contribution in [-0.2, 0) is 13.0 Å². The quantitative estimate of drug-likeness (QED) is 0.875. The number of ether oxygens (including phenoxy) is 1. The van der Waals surface area contributed by atoms with E-state index in [0.29, 0.717) is 0 Å². The molecule has 2 N–H and O–H groups in total. The van der Waals surface area contributed by atoms with Gasteiger partial charge in [-0.25, -0.2) is 0 Å². The summed E-state index contributed by atoms with van der Waals surface area (Å²) in [6, 6.07) is 10.4. The van der Waals surface area contributed by atoms with Crippen LogP contribution < -0.4 is 10.1 Å². The number of aromatic nitrogens is 1. The summed E-state index contributed by atoms with van der Waals surface area (Å²) < 4.78 is 5.25. The Morgan fingerprint density at radius 2 is 2.11 bits per heavy atom. The van der Waals surface area contributed by atoms with Crippen molar-refractivity contribution in [2.24, 2.45) is 0 Å². The van der Waals surface area contributed by atoms with Crippen molar-refractivity contribution in [1.29, 1.82) is 0 Å². The number of rotatable bonds is 2. The Morgan fingerprint density at radius 1 is 1.22 bits per heavy atom. The monoisotopic (exact) mass is 264 g/mol. The number of fused-ring (bicyclic) bond motifs is 1. The third-order valence-electron chi connectivity index (χ3n) is 3.24. The zero-order valence-electron chi connectivity index (χ0n) is 10.3. The molecular formula is C14H17ClN2O. The van der Waals surface area contributed by atoms with Crippen molar-refractivity contribution in [3.8, 4) is 17.0 Å². The van der Waals surface area contributed by atoms with Crippen molar-refractivity contribution >= 4 is 12.4 Å². The maximum atomic E-state index is 5.25. The molecule has 1 aromatic carbocycles. The first-order valence-corrected chi connectivity index (χ1v) is 5.93. The van der Waals surface area contributed by atoms with Crippen LogP contribution in [-0.4, -0.2) is 18.6 Å². The highest BCUT2D eigenvalue weighted by Gasteiger charge is 2.12. The average Bonchev–Trinajstić information content (AvgIpc) is 2.82. The summed E-state index contributed by atoms with van der Waals surface area (Å²) in [5.41, 5.74) is 5.10. The van der Waals surface area contributed by atoms with Crippen LogP contribution in [0.3, 0.4) is 0 Å². The number of nitrogens with one attached hydrogen (secondary N) is 2. The highest BCUT2D eigenvalue weighted by molar-refractivity contribution is 5.85. The SMILES string of the molecule is COc1cccc(-c2cc3c([nH]2)CCNC3)c1.Cl. The third kappa shape index (κ3) is 2.37. The lowest BCUT2D eigenvalue weighted by molar-refractivity contribution is 0.415. The van der Waals surface area contributed by atoms with Crippen molar-refractivity contribution < 1.29 is 4.74 Å². The summed E-state index contributed by atoms with van der Waals surface area (Å²) in [6.07, 6.45) is 1.08. The molecule has 0 radical (unpaired) electrons. The molecule has 0 bridgehead atoms. The van der Waals surface area contributed by atoms with Crippen LogP contribution in [0.5, 0.6) is 5.75 Å². The maximum absolute atomic E-state index is 5.25. The van der Waals surface area contributed by atoms with Gasteiger partial charge in [-0.3, -0.25) is 0 Å². The molecule has 2 aromatic rings. The molecule has 3 rings (SSSR count). The largest absolute Gasteiger partial charge is 0.497 e. The molecule has 0 saturated heterocycles. The number of benzene rings is 1. The molecule has 1 aliphatic rings. The second-order valence-electron chi connectivity index (χ2n) is 4.35. The zero-order chi connectivity index (χ0) is 11.7. The molecule has 0 atom stereocenters. The summed E-state index contributed by atoms with van der Waals surface area (Å²) in [7, 11) is 1.70. The summed E-state index contributed by atoms with van der Waals surface area (Å²) in [4.78, 5) is 3.51. The van der Waals surface area contributed by atoms with E-state index in [-0.39, 0.29) is 12.4 Å². The Bertz CT molecular complexity index is 513. The van der Waals surface area contributed by atoms with Gasteiger partial charge in [-0.2, -0.15) is 0 Å². The number of H-pyrrole nitrogens is 1. The average molecular weight is 265 g/mol. The molecule has 0 unspecified atom stereocenters. The second-order valence-corrected chi connectivity index (χ2v) is 4.35. The van der Waals surface area contributed by atoms with Crippen molar-refractivity contribution in [2.45, 2.75) is 13.0 Å². The fourth-order valence-corrected chi connectivity index (χ4v) is 2.30. The van der Waals surface area contributed by atoms with E-state index in [9.17, 15) is 0 Å². The van der Waals surface area contributed by atoms with E-state index in [1.807, 2.05) is 12.1 Å². The Morgan fingerprint density at radius 3 is 2.89 bits per heavy atom. The number of methoxy groups -OCH3 is 1. The van der Waals surface area contributed by atoms with Gasteiger partial charge in [0.2, 0.25) is 0 Å². The van der Waals surface area contributed by atoms with Gasteiger partial charge >= 0.3 is 0 Å². The lowest BCUT2D eigenvalue weighted by atomic mass is 10.1. The lowest BCUT2D eigenvalue weighted by Crippen LogP contribution is -2.22. The van der Waals surface area contributed by atoms with Crippen molar-refractivity contribution in [3.63, 3.8) is 0 Å². The Hall–Kier alpha value is -1.45. The molecule has 1 aromatic heterocycles. The first-order valence-electron chi connectivity index (χ1n) is 5.93. The predicted molar refractivity (Wildman–Crippen MR) is 75.4 cm³/mol. The number of hydrogen-bond acceptors (Lipinski definition) is 2. The third-order valence-corrected chi connectivity index (χ3v) is 3.24. The van der Waals surface area contributed by atoms with Crippen LogP contribution in [0.4, 0.5) is 0 Å². The van der Waals surface area contributed by atoms with Crippen molar-refractivity contribution in [1.82, 2.24) is 10.3 Å². The molecule has 1 aliphatic heterocycles. The van der Waals surface area contributed by atoms with Gasteiger partial charge in [-0.1, -0.05) is 12.1 Å². The number of halogens is 1. The first kappa shape index (κ1) is 13.0. The van der Waals surface area contributed by atoms with Crippen LogP contribution in [0.2, 0.25) is 0 Å². The summed E-state index contributed by atoms with van der Waals surface area (Å²) in [6.45, 7) is 2.03. The van der Waals surface area contributed by atoms with Gasteiger partial charge in [-0.15, -0.1) is 12.4 Å². The van der Waals surface area contributed by atoms with Gasteiger partial charge in [0.25, 0.3) is 0 Å². The van der Waals surface area contributed by atoms with E-state index in [2.05, 4.69) is 28.5 Å². The Labute approximate surface area is 113 Å². The minimum absolute atomic E-state index is 0. The maximum Gasteiger partial charge on any atom is 0.119 e. The molecule has 0 fully saturated rings. The van der Waals surface area contributed by atoms with E-state index >= 15 is 0 Å². The summed E-state index contributed by atoms with van der Waals surface area (Å²) in [5, 5.41) is 3.38.